The van der Waals surface area contributed by atoms with E-state index in [1.54, 1.807) is 43.5 Å². The lowest BCUT2D eigenvalue weighted by atomic mass is 10.1. The predicted molar refractivity (Wildman–Crippen MR) is 113 cm³/mol. The van der Waals surface area contributed by atoms with E-state index < -0.39 is 15.7 Å². The Morgan fingerprint density at radius 2 is 1.60 bits per heavy atom. The largest absolute Gasteiger partial charge is 0.507 e. The van der Waals surface area contributed by atoms with E-state index in [0.717, 1.165) is 17.6 Å². The van der Waals surface area contributed by atoms with Crippen LogP contribution >= 0.6 is 0 Å². The first-order valence-corrected chi connectivity index (χ1v) is 10.9. The highest BCUT2D eigenvalue weighted by atomic mass is 32.2. The van der Waals surface area contributed by atoms with Crippen molar-refractivity contribution in [1.29, 1.82) is 0 Å². The van der Waals surface area contributed by atoms with Crippen LogP contribution in [0.15, 0.2) is 71.6 Å². The van der Waals surface area contributed by atoms with Crippen LogP contribution in [0.1, 0.15) is 15.9 Å². The van der Waals surface area contributed by atoms with Gasteiger partial charge in [-0.1, -0.05) is 12.1 Å². The predicted octanol–water partition coefficient (Wildman–Crippen LogP) is 3.64. The number of methoxy groups -OCH3 is 1. The zero-order valence-corrected chi connectivity index (χ0v) is 17.3. The molecule has 0 aliphatic carbocycles. The third kappa shape index (κ3) is 5.30. The number of aromatic hydroxyl groups is 1. The Balaban J connectivity index is 1.63. The second-order valence-electron chi connectivity index (χ2n) is 6.57. The minimum Gasteiger partial charge on any atom is -0.507 e. The Hall–Kier alpha value is -3.52. The Morgan fingerprint density at radius 1 is 0.967 bits per heavy atom. The van der Waals surface area contributed by atoms with Crippen LogP contribution in [0, 0.1) is 0 Å². The van der Waals surface area contributed by atoms with Crippen LogP contribution in [0.4, 0.5) is 5.69 Å². The van der Waals surface area contributed by atoms with Crippen molar-refractivity contribution in [3.05, 3.63) is 77.9 Å². The summed E-state index contributed by atoms with van der Waals surface area (Å²) in [6.45, 7) is 0.337. The molecule has 0 aromatic heterocycles. The van der Waals surface area contributed by atoms with Crippen LogP contribution in [0.2, 0.25) is 0 Å². The maximum Gasteiger partial charge on any atom is 0.255 e. The van der Waals surface area contributed by atoms with E-state index in [2.05, 4.69) is 5.32 Å². The highest BCUT2D eigenvalue weighted by Crippen LogP contribution is 2.26. The molecule has 0 aliphatic rings. The number of carbonyl (C=O) groups is 1. The van der Waals surface area contributed by atoms with E-state index in [-0.39, 0.29) is 16.3 Å². The molecule has 3 aromatic carbocycles. The van der Waals surface area contributed by atoms with E-state index >= 15 is 0 Å². The smallest absolute Gasteiger partial charge is 0.255 e. The van der Waals surface area contributed by atoms with E-state index in [0.29, 0.717) is 17.9 Å². The van der Waals surface area contributed by atoms with Crippen molar-refractivity contribution < 1.29 is 27.8 Å². The first-order chi connectivity index (χ1) is 14.3. The van der Waals surface area contributed by atoms with Gasteiger partial charge < -0.3 is 19.9 Å². The highest BCUT2D eigenvalue weighted by Gasteiger charge is 2.15. The van der Waals surface area contributed by atoms with Crippen molar-refractivity contribution in [1.82, 2.24) is 0 Å². The van der Waals surface area contributed by atoms with Gasteiger partial charge >= 0.3 is 0 Å². The quantitative estimate of drug-likeness (QED) is 0.558. The van der Waals surface area contributed by atoms with Gasteiger partial charge in [0.2, 0.25) is 0 Å². The summed E-state index contributed by atoms with van der Waals surface area (Å²) in [6, 6.07) is 18.0. The molecule has 30 heavy (non-hydrogen) atoms. The van der Waals surface area contributed by atoms with Gasteiger partial charge in [-0.15, -0.1) is 0 Å². The average molecular weight is 427 g/mol. The SMILES string of the molecule is COc1ccc(OCc2ccc(C(=O)Nc3ccc(O)c(S(C)(=O)=O)c3)cc2)cc1. The molecule has 0 atom stereocenters. The molecule has 0 saturated heterocycles. The minimum atomic E-state index is -3.62. The van der Waals surface area contributed by atoms with Crippen LogP contribution in [0.3, 0.4) is 0 Å². The highest BCUT2D eigenvalue weighted by molar-refractivity contribution is 7.90. The number of ether oxygens (including phenoxy) is 2. The van der Waals surface area contributed by atoms with Gasteiger partial charge in [-0.25, -0.2) is 8.42 Å². The van der Waals surface area contributed by atoms with Crippen LogP contribution < -0.4 is 14.8 Å². The summed E-state index contributed by atoms with van der Waals surface area (Å²) < 4.78 is 34.2. The summed E-state index contributed by atoms with van der Waals surface area (Å²) in [5.74, 6) is 0.682. The molecule has 0 heterocycles. The molecule has 3 rings (SSSR count). The molecule has 0 saturated carbocycles. The van der Waals surface area contributed by atoms with Crippen LogP contribution in [0.25, 0.3) is 0 Å². The zero-order valence-electron chi connectivity index (χ0n) is 16.5. The van der Waals surface area contributed by atoms with Crippen molar-refractivity contribution in [2.24, 2.45) is 0 Å². The van der Waals surface area contributed by atoms with E-state index in [1.807, 2.05) is 12.1 Å². The molecule has 3 aromatic rings. The van der Waals surface area contributed by atoms with Crippen LogP contribution in [0.5, 0.6) is 17.2 Å². The zero-order chi connectivity index (χ0) is 21.7. The summed E-state index contributed by atoms with van der Waals surface area (Å²) in [4.78, 5) is 12.2. The summed E-state index contributed by atoms with van der Waals surface area (Å²) in [5.41, 5.74) is 1.55. The third-order valence-corrected chi connectivity index (χ3v) is 5.42. The van der Waals surface area contributed by atoms with Gasteiger partial charge in [0, 0.05) is 17.5 Å². The fourth-order valence-electron chi connectivity index (χ4n) is 2.68. The Morgan fingerprint density at radius 3 is 2.20 bits per heavy atom. The van der Waals surface area contributed by atoms with Crippen molar-refractivity contribution in [3.8, 4) is 17.2 Å². The van der Waals surface area contributed by atoms with Gasteiger partial charge in [0.25, 0.3) is 5.91 Å². The summed E-state index contributed by atoms with van der Waals surface area (Å²) in [5, 5.41) is 12.3. The molecule has 0 bridgehead atoms. The molecule has 0 spiro atoms. The minimum absolute atomic E-state index is 0.244. The number of amides is 1. The van der Waals surface area contributed by atoms with Crippen LogP contribution in [-0.4, -0.2) is 32.8 Å². The fraction of sp³-hybridized carbons (Fsp3) is 0.136. The summed E-state index contributed by atoms with van der Waals surface area (Å²) in [7, 11) is -2.02. The van der Waals surface area contributed by atoms with E-state index in [1.165, 1.54) is 18.2 Å². The number of phenols is 1. The molecular formula is C22H21NO6S. The number of carbonyl (C=O) groups excluding carboxylic acids is 1. The van der Waals surface area contributed by atoms with E-state index in [9.17, 15) is 18.3 Å². The average Bonchev–Trinajstić information content (AvgIpc) is 2.73. The third-order valence-electron chi connectivity index (χ3n) is 4.30. The standard InChI is InChI=1S/C22H21NO6S/c1-28-18-8-10-19(11-9-18)29-14-15-3-5-16(6-4-15)22(25)23-17-7-12-20(24)21(13-17)30(2,26)27/h3-13,24H,14H2,1-2H3,(H,23,25). The lowest BCUT2D eigenvalue weighted by Gasteiger charge is -2.10. The number of phenolic OH excluding ortho intramolecular Hbond substituents is 1. The second kappa shape index (κ2) is 8.87. The fourth-order valence-corrected chi connectivity index (χ4v) is 3.47. The number of benzene rings is 3. The molecule has 156 valence electrons. The van der Waals surface area contributed by atoms with Gasteiger partial charge in [0.1, 0.15) is 28.8 Å². The molecule has 0 fully saturated rings. The molecular weight excluding hydrogens is 406 g/mol. The Labute approximate surface area is 174 Å². The first kappa shape index (κ1) is 21.2. The number of rotatable bonds is 7. The maximum absolute atomic E-state index is 12.4. The molecule has 8 heteroatoms. The number of sulfone groups is 1. The lowest BCUT2D eigenvalue weighted by Crippen LogP contribution is -2.12. The second-order valence-corrected chi connectivity index (χ2v) is 8.55. The Kier molecular flexibility index (Phi) is 6.27. The normalized spacial score (nSPS) is 11.0. The molecule has 0 radical (unpaired) electrons. The van der Waals surface area contributed by atoms with E-state index in [4.69, 9.17) is 9.47 Å². The van der Waals surface area contributed by atoms with Gasteiger partial charge in [0.05, 0.1) is 7.11 Å². The van der Waals surface area contributed by atoms with Crippen molar-refractivity contribution in [2.45, 2.75) is 11.5 Å². The topological polar surface area (TPSA) is 102 Å². The van der Waals surface area contributed by atoms with Gasteiger partial charge in [-0.05, 0) is 60.2 Å². The number of hydrogen-bond donors (Lipinski definition) is 2. The monoisotopic (exact) mass is 427 g/mol. The molecule has 1 amide bonds. The molecule has 0 unspecified atom stereocenters. The summed E-state index contributed by atoms with van der Waals surface area (Å²) >= 11 is 0. The van der Waals surface area contributed by atoms with Gasteiger partial charge in [-0.3, -0.25) is 4.79 Å². The molecule has 7 nitrogen and oxygen atoms in total. The van der Waals surface area contributed by atoms with Crippen molar-refractivity contribution in [2.75, 3.05) is 18.7 Å². The van der Waals surface area contributed by atoms with Gasteiger partial charge in [-0.2, -0.15) is 0 Å². The van der Waals surface area contributed by atoms with Crippen molar-refractivity contribution in [3.63, 3.8) is 0 Å². The first-order valence-electron chi connectivity index (χ1n) is 8.96. The maximum atomic E-state index is 12.4. The van der Waals surface area contributed by atoms with Crippen molar-refractivity contribution >= 4 is 21.4 Å². The molecule has 0 aliphatic heterocycles. The number of hydrogen-bond acceptors (Lipinski definition) is 6. The number of anilines is 1. The number of nitrogens with one attached hydrogen (secondary N) is 1. The van der Waals surface area contributed by atoms with Crippen LogP contribution in [-0.2, 0) is 16.4 Å². The Bertz CT molecular complexity index is 1140. The van der Waals surface area contributed by atoms with Gasteiger partial charge in [0.15, 0.2) is 9.84 Å². The summed E-state index contributed by atoms with van der Waals surface area (Å²) in [6.07, 6.45) is 0.986. The lowest BCUT2D eigenvalue weighted by molar-refractivity contribution is 0.102. The molecule has 2 N–H and O–H groups in total.